The van der Waals surface area contributed by atoms with Crippen molar-refractivity contribution in [1.82, 2.24) is 9.97 Å². The predicted molar refractivity (Wildman–Crippen MR) is 90.6 cm³/mol. The van der Waals surface area contributed by atoms with Crippen LogP contribution >= 0.6 is 0 Å². The summed E-state index contributed by atoms with van der Waals surface area (Å²) in [4.78, 5) is 32.2. The van der Waals surface area contributed by atoms with Crippen LogP contribution in [0.5, 0.6) is 5.75 Å². The maximum atomic E-state index is 12.6. The molecule has 0 bridgehead atoms. The molecular formula is C18H15N3O5. The van der Waals surface area contributed by atoms with Crippen LogP contribution in [0.15, 0.2) is 42.6 Å². The van der Waals surface area contributed by atoms with Crippen molar-refractivity contribution in [3.05, 3.63) is 64.9 Å². The number of Topliss-reactive ketones (excluding diaryl/α,β-unsaturated/α-hetero) is 1. The molecule has 2 heterocycles. The normalized spacial score (nSPS) is 10.5. The number of esters is 1. The smallest absolute Gasteiger partial charge is 0.357 e. The van der Waals surface area contributed by atoms with Crippen molar-refractivity contribution in [3.63, 3.8) is 0 Å². The van der Waals surface area contributed by atoms with Crippen molar-refractivity contribution in [2.24, 2.45) is 0 Å². The first-order chi connectivity index (χ1) is 12.5. The van der Waals surface area contributed by atoms with Crippen molar-refractivity contribution < 1.29 is 23.8 Å². The molecule has 0 aliphatic heterocycles. The minimum atomic E-state index is -0.672. The van der Waals surface area contributed by atoms with Crippen molar-refractivity contribution >= 4 is 22.8 Å². The number of carbonyl (C=O) groups is 2. The molecule has 0 aliphatic rings. The Labute approximate surface area is 148 Å². The van der Waals surface area contributed by atoms with Crippen molar-refractivity contribution in [1.29, 1.82) is 0 Å². The molecule has 0 atom stereocenters. The zero-order valence-corrected chi connectivity index (χ0v) is 14.1. The van der Waals surface area contributed by atoms with Crippen LogP contribution in [-0.2, 0) is 11.3 Å². The lowest BCUT2D eigenvalue weighted by molar-refractivity contribution is -0.580. The molecule has 0 saturated heterocycles. The summed E-state index contributed by atoms with van der Waals surface area (Å²) in [5, 5.41) is 12.6. The maximum Gasteiger partial charge on any atom is 0.357 e. The van der Waals surface area contributed by atoms with E-state index >= 15 is 0 Å². The monoisotopic (exact) mass is 353 g/mol. The molecule has 0 fully saturated rings. The van der Waals surface area contributed by atoms with Crippen LogP contribution in [0.2, 0.25) is 0 Å². The molecule has 0 N–H and O–H groups in total. The number of methoxy groups -OCH3 is 1. The Kier molecular flexibility index (Phi) is 4.74. The van der Waals surface area contributed by atoms with Gasteiger partial charge in [-0.3, -0.25) is 4.79 Å². The molecule has 132 valence electrons. The second kappa shape index (κ2) is 7.14. The maximum absolute atomic E-state index is 12.6. The van der Waals surface area contributed by atoms with Gasteiger partial charge < -0.3 is 14.7 Å². The lowest BCUT2D eigenvalue weighted by Crippen LogP contribution is -2.37. The van der Waals surface area contributed by atoms with Crippen LogP contribution in [0.1, 0.15) is 33.6 Å². The molecule has 0 unspecified atom stereocenters. The van der Waals surface area contributed by atoms with Crippen LogP contribution < -0.4 is 9.47 Å². The number of carbonyl (C=O) groups excluding carboxylic acids is 2. The van der Waals surface area contributed by atoms with Gasteiger partial charge in [0.2, 0.25) is 11.3 Å². The van der Waals surface area contributed by atoms with E-state index in [1.54, 1.807) is 24.3 Å². The van der Waals surface area contributed by atoms with Crippen LogP contribution in [0, 0.1) is 5.21 Å². The Morgan fingerprint density at radius 2 is 2.04 bits per heavy atom. The number of ether oxygens (including phenoxy) is 2. The van der Waals surface area contributed by atoms with Gasteiger partial charge in [-0.1, -0.05) is 6.07 Å². The summed E-state index contributed by atoms with van der Waals surface area (Å²) >= 11 is 0. The number of hydrogen-bond acceptors (Lipinski definition) is 7. The summed E-state index contributed by atoms with van der Waals surface area (Å²) in [6.45, 7) is 0.927. The van der Waals surface area contributed by atoms with Crippen LogP contribution in [-0.4, -0.2) is 28.8 Å². The van der Waals surface area contributed by atoms with Gasteiger partial charge in [0.25, 0.3) is 5.69 Å². The van der Waals surface area contributed by atoms with Gasteiger partial charge in [-0.05, 0) is 24.3 Å². The molecule has 3 rings (SSSR count). The topological polar surface area (TPSA) is 105 Å². The number of benzene rings is 1. The summed E-state index contributed by atoms with van der Waals surface area (Å²) in [6, 6.07) is 9.55. The van der Waals surface area contributed by atoms with E-state index in [2.05, 4.69) is 9.97 Å². The highest BCUT2D eigenvalue weighted by molar-refractivity contribution is 5.93. The van der Waals surface area contributed by atoms with Gasteiger partial charge in [0.15, 0.2) is 5.69 Å². The summed E-state index contributed by atoms with van der Waals surface area (Å²) in [7, 11) is 1.47. The van der Waals surface area contributed by atoms with Crippen molar-refractivity contribution in [2.75, 3.05) is 7.11 Å². The summed E-state index contributed by atoms with van der Waals surface area (Å²) in [6.07, 6.45) is 1.46. The molecule has 0 aliphatic carbocycles. The first-order valence-electron chi connectivity index (χ1n) is 7.70. The molecule has 1 aromatic carbocycles. The lowest BCUT2D eigenvalue weighted by Gasteiger charge is -2.11. The quantitative estimate of drug-likeness (QED) is 0.298. The van der Waals surface area contributed by atoms with Gasteiger partial charge in [-0.2, -0.15) is 4.73 Å². The SMILES string of the molecule is COc1ccc2nc(COC(=O)c3ccccn3)c(C(C)=O)[n+]([O-])c2c1. The molecule has 8 heteroatoms. The van der Waals surface area contributed by atoms with Crippen LogP contribution in [0.25, 0.3) is 11.0 Å². The van der Waals surface area contributed by atoms with E-state index in [4.69, 9.17) is 9.47 Å². The third-order valence-electron chi connectivity index (χ3n) is 3.68. The van der Waals surface area contributed by atoms with E-state index in [0.717, 1.165) is 0 Å². The summed E-state index contributed by atoms with van der Waals surface area (Å²) in [5.74, 6) is -0.692. The van der Waals surface area contributed by atoms with Gasteiger partial charge in [0.1, 0.15) is 23.6 Å². The molecule has 0 amide bonds. The first-order valence-corrected chi connectivity index (χ1v) is 7.70. The van der Waals surface area contributed by atoms with Gasteiger partial charge in [0, 0.05) is 13.1 Å². The molecule has 26 heavy (non-hydrogen) atoms. The fraction of sp³-hybridized carbons (Fsp3) is 0.167. The summed E-state index contributed by atoms with van der Waals surface area (Å²) in [5.41, 5.74) is 0.565. The largest absolute Gasteiger partial charge is 0.618 e. The highest BCUT2D eigenvalue weighted by Crippen LogP contribution is 2.19. The average Bonchev–Trinajstić information content (AvgIpc) is 2.66. The number of aromatic nitrogens is 3. The lowest BCUT2D eigenvalue weighted by atomic mass is 10.2. The minimum Gasteiger partial charge on any atom is -0.618 e. The van der Waals surface area contributed by atoms with Gasteiger partial charge in [-0.15, -0.1) is 0 Å². The fourth-order valence-electron chi connectivity index (χ4n) is 2.46. The van der Waals surface area contributed by atoms with E-state index in [0.29, 0.717) is 16.0 Å². The number of ketones is 1. The molecule has 0 saturated carbocycles. The van der Waals surface area contributed by atoms with Crippen LogP contribution in [0.3, 0.4) is 0 Å². The molecule has 2 aromatic heterocycles. The summed E-state index contributed by atoms with van der Waals surface area (Å²) < 4.78 is 10.7. The predicted octanol–water partition coefficient (Wildman–Crippen LogP) is 1.83. The number of rotatable bonds is 5. The Morgan fingerprint density at radius 3 is 2.69 bits per heavy atom. The molecule has 8 nitrogen and oxygen atoms in total. The number of nitrogens with zero attached hydrogens (tertiary/aromatic N) is 3. The Bertz CT molecular complexity index is 989. The van der Waals surface area contributed by atoms with E-state index in [9.17, 15) is 14.8 Å². The average molecular weight is 353 g/mol. The third kappa shape index (κ3) is 3.30. The molecule has 0 spiro atoms. The van der Waals surface area contributed by atoms with Gasteiger partial charge in [0.05, 0.1) is 13.2 Å². The molecular weight excluding hydrogens is 338 g/mol. The first kappa shape index (κ1) is 17.3. The molecule has 3 aromatic rings. The number of pyridine rings is 1. The number of fused-ring (bicyclic) bond motifs is 1. The Morgan fingerprint density at radius 1 is 1.23 bits per heavy atom. The second-order valence-corrected chi connectivity index (χ2v) is 5.40. The van der Waals surface area contributed by atoms with Gasteiger partial charge >= 0.3 is 5.97 Å². The zero-order valence-electron chi connectivity index (χ0n) is 14.1. The van der Waals surface area contributed by atoms with Crippen molar-refractivity contribution in [3.8, 4) is 5.75 Å². The highest BCUT2D eigenvalue weighted by atomic mass is 16.5. The molecule has 0 radical (unpaired) electrons. The number of hydrogen-bond donors (Lipinski definition) is 0. The van der Waals surface area contributed by atoms with Crippen LogP contribution in [0.4, 0.5) is 0 Å². The minimum absolute atomic E-state index is 0.0782. The van der Waals surface area contributed by atoms with E-state index < -0.39 is 11.8 Å². The standard InChI is InChI=1S/C18H15N3O5/c1-11(22)17-15(10-26-18(23)14-5-3-4-8-19-14)20-13-7-6-12(25-2)9-16(13)21(17)24/h3-9H,10H2,1-2H3. The second-order valence-electron chi connectivity index (χ2n) is 5.40. The Hall–Kier alpha value is -3.55. The van der Waals surface area contributed by atoms with Crippen molar-refractivity contribution in [2.45, 2.75) is 13.5 Å². The van der Waals surface area contributed by atoms with Gasteiger partial charge in [-0.25, -0.2) is 14.8 Å². The van der Waals surface area contributed by atoms with E-state index in [1.165, 1.54) is 32.4 Å². The zero-order chi connectivity index (χ0) is 18.7. The Balaban J connectivity index is 1.98. The fourth-order valence-corrected chi connectivity index (χ4v) is 2.46. The third-order valence-corrected chi connectivity index (χ3v) is 3.68. The highest BCUT2D eigenvalue weighted by Gasteiger charge is 2.24. The van der Waals surface area contributed by atoms with E-state index in [1.807, 2.05) is 0 Å². The van der Waals surface area contributed by atoms with E-state index in [-0.39, 0.29) is 29.2 Å².